The molecule has 1 aromatic carbocycles. The van der Waals surface area contributed by atoms with Gasteiger partial charge in [0.2, 0.25) is 0 Å². The molecule has 1 aromatic heterocycles. The lowest BCUT2D eigenvalue weighted by Gasteiger charge is -2.08. The molecule has 0 radical (unpaired) electrons. The second-order valence-corrected chi connectivity index (χ2v) is 4.92. The normalized spacial score (nSPS) is 10.5. The number of nitro groups is 1. The van der Waals surface area contributed by atoms with Crippen molar-refractivity contribution >= 4 is 22.7 Å². The van der Waals surface area contributed by atoms with E-state index in [-0.39, 0.29) is 12.2 Å². The molecule has 1 N–H and O–H groups in total. The quantitative estimate of drug-likeness (QED) is 0.685. The molecule has 0 amide bonds. The Balaban J connectivity index is 2.29. The zero-order valence-electron chi connectivity index (χ0n) is 9.94. The number of benzene rings is 1. The van der Waals surface area contributed by atoms with Gasteiger partial charge < -0.3 is 5.32 Å². The minimum absolute atomic E-state index is 0.257. The molecule has 0 saturated carbocycles. The average Bonchev–Trinajstić information content (AvgIpc) is 2.73. The van der Waals surface area contributed by atoms with Crippen LogP contribution in [0.5, 0.6) is 0 Å². The lowest BCUT2D eigenvalue weighted by Crippen LogP contribution is -2.05. The number of nitro benzene ring substituents is 1. The van der Waals surface area contributed by atoms with Crippen LogP contribution in [0.1, 0.15) is 10.4 Å². The highest BCUT2D eigenvalue weighted by Gasteiger charge is 2.20. The summed E-state index contributed by atoms with van der Waals surface area (Å²) in [5.41, 5.74) is 0.119. The Morgan fingerprint density at radius 1 is 1.42 bits per heavy atom. The van der Waals surface area contributed by atoms with Crippen molar-refractivity contribution in [1.82, 2.24) is 0 Å². The summed E-state index contributed by atoms with van der Waals surface area (Å²) in [5.74, 6) is -1.94. The van der Waals surface area contributed by atoms with Gasteiger partial charge in [0.25, 0.3) is 5.69 Å². The third-order valence-corrected chi connectivity index (χ3v) is 3.65. The predicted octanol–water partition coefficient (Wildman–Crippen LogP) is 3.86. The lowest BCUT2D eigenvalue weighted by atomic mass is 10.2. The fourth-order valence-electron chi connectivity index (χ4n) is 1.63. The second kappa shape index (κ2) is 5.31. The molecular weight excluding hydrogens is 274 g/mol. The Morgan fingerprint density at radius 3 is 2.74 bits per heavy atom. The van der Waals surface area contributed by atoms with E-state index in [0.717, 1.165) is 10.4 Å². The largest absolute Gasteiger partial charge is 0.372 e. The molecule has 7 heteroatoms. The number of rotatable bonds is 4. The number of halogens is 2. The van der Waals surface area contributed by atoms with E-state index in [1.165, 1.54) is 11.3 Å². The number of aryl methyl sites for hydroxylation is 1. The van der Waals surface area contributed by atoms with Crippen molar-refractivity contribution < 1.29 is 13.7 Å². The maximum Gasteiger partial charge on any atom is 0.298 e. The van der Waals surface area contributed by atoms with Gasteiger partial charge in [-0.05, 0) is 23.9 Å². The lowest BCUT2D eigenvalue weighted by molar-refractivity contribution is -0.384. The molecule has 0 fully saturated rings. The van der Waals surface area contributed by atoms with Crippen LogP contribution >= 0.6 is 11.3 Å². The minimum Gasteiger partial charge on any atom is -0.372 e. The fourth-order valence-corrected chi connectivity index (χ4v) is 2.48. The first-order chi connectivity index (χ1) is 8.99. The zero-order chi connectivity index (χ0) is 14.0. The Hall–Kier alpha value is -2.02. The first-order valence-electron chi connectivity index (χ1n) is 5.39. The molecule has 1 heterocycles. The molecule has 100 valence electrons. The molecule has 2 aromatic rings. The van der Waals surface area contributed by atoms with E-state index in [2.05, 4.69) is 5.32 Å². The first kappa shape index (κ1) is 13.4. The van der Waals surface area contributed by atoms with Crippen LogP contribution in [-0.2, 0) is 6.54 Å². The van der Waals surface area contributed by atoms with E-state index >= 15 is 0 Å². The topological polar surface area (TPSA) is 55.2 Å². The van der Waals surface area contributed by atoms with Crippen molar-refractivity contribution in [2.75, 3.05) is 5.32 Å². The molecule has 0 aliphatic carbocycles. The van der Waals surface area contributed by atoms with Crippen molar-refractivity contribution in [2.24, 2.45) is 0 Å². The smallest absolute Gasteiger partial charge is 0.298 e. The van der Waals surface area contributed by atoms with Crippen LogP contribution in [0.4, 0.5) is 20.2 Å². The van der Waals surface area contributed by atoms with E-state index < -0.39 is 22.2 Å². The van der Waals surface area contributed by atoms with Gasteiger partial charge in [0.15, 0.2) is 5.82 Å². The summed E-state index contributed by atoms with van der Waals surface area (Å²) in [6.07, 6.45) is 0. The van der Waals surface area contributed by atoms with Crippen molar-refractivity contribution in [3.05, 3.63) is 55.8 Å². The van der Waals surface area contributed by atoms with Crippen molar-refractivity contribution in [1.29, 1.82) is 0 Å². The summed E-state index contributed by atoms with van der Waals surface area (Å²) >= 11 is 1.46. The van der Waals surface area contributed by atoms with Gasteiger partial charge in [0.05, 0.1) is 11.0 Å². The van der Waals surface area contributed by atoms with Gasteiger partial charge in [-0.25, -0.2) is 8.78 Å². The molecule has 0 saturated heterocycles. The maximum absolute atomic E-state index is 13.6. The van der Waals surface area contributed by atoms with Gasteiger partial charge in [-0.15, -0.1) is 11.3 Å². The molecular formula is C12H10F2N2O2S. The molecule has 0 spiro atoms. The van der Waals surface area contributed by atoms with Gasteiger partial charge in [0, 0.05) is 17.5 Å². The van der Waals surface area contributed by atoms with Crippen LogP contribution < -0.4 is 5.32 Å². The summed E-state index contributed by atoms with van der Waals surface area (Å²) in [5, 5.41) is 15.3. The molecule has 0 unspecified atom stereocenters. The van der Waals surface area contributed by atoms with Crippen LogP contribution in [0, 0.1) is 28.7 Å². The summed E-state index contributed by atoms with van der Waals surface area (Å²) < 4.78 is 26.6. The third kappa shape index (κ3) is 2.87. The van der Waals surface area contributed by atoms with Crippen LogP contribution in [0.3, 0.4) is 0 Å². The van der Waals surface area contributed by atoms with Crippen molar-refractivity contribution in [3.63, 3.8) is 0 Å². The van der Waals surface area contributed by atoms with Crippen molar-refractivity contribution in [2.45, 2.75) is 13.5 Å². The van der Waals surface area contributed by atoms with E-state index in [1.807, 2.05) is 18.4 Å². The van der Waals surface area contributed by atoms with Crippen molar-refractivity contribution in [3.8, 4) is 0 Å². The Labute approximate surface area is 111 Å². The molecule has 0 aliphatic heterocycles. The monoisotopic (exact) mass is 284 g/mol. The molecule has 0 bridgehead atoms. The van der Waals surface area contributed by atoms with Crippen LogP contribution in [0.25, 0.3) is 0 Å². The number of nitrogens with one attached hydrogen (secondary N) is 1. The molecule has 19 heavy (non-hydrogen) atoms. The van der Waals surface area contributed by atoms with E-state index in [9.17, 15) is 18.9 Å². The number of hydrogen-bond donors (Lipinski definition) is 1. The Kier molecular flexibility index (Phi) is 3.75. The highest BCUT2D eigenvalue weighted by Crippen LogP contribution is 2.29. The van der Waals surface area contributed by atoms with Crippen LogP contribution in [0.2, 0.25) is 0 Å². The van der Waals surface area contributed by atoms with E-state index in [4.69, 9.17) is 0 Å². The number of thiophene rings is 1. The molecule has 0 atom stereocenters. The summed E-state index contributed by atoms with van der Waals surface area (Å²) in [6.45, 7) is 2.15. The highest BCUT2D eigenvalue weighted by atomic mass is 32.1. The number of nitrogens with zero attached hydrogens (tertiary/aromatic N) is 1. The molecule has 0 aliphatic rings. The van der Waals surface area contributed by atoms with Crippen LogP contribution in [0.15, 0.2) is 23.6 Å². The third-order valence-electron chi connectivity index (χ3n) is 2.62. The minimum atomic E-state index is -0.971. The zero-order valence-corrected chi connectivity index (χ0v) is 10.8. The number of hydrogen-bond acceptors (Lipinski definition) is 4. The van der Waals surface area contributed by atoms with Gasteiger partial charge in [-0.2, -0.15) is 0 Å². The second-order valence-electron chi connectivity index (χ2n) is 3.92. The van der Waals surface area contributed by atoms with E-state index in [1.54, 1.807) is 0 Å². The summed E-state index contributed by atoms with van der Waals surface area (Å²) in [7, 11) is 0. The summed E-state index contributed by atoms with van der Waals surface area (Å²) in [4.78, 5) is 10.9. The SMILES string of the molecule is Cc1ccsc1CNc1c(F)cc(F)cc1[N+](=O)[O-]. The first-order valence-corrected chi connectivity index (χ1v) is 6.27. The molecule has 2 rings (SSSR count). The standard InChI is InChI=1S/C12H10F2N2O2S/c1-7-2-3-19-11(7)6-15-12-9(14)4-8(13)5-10(12)16(17)18/h2-5,15H,6H2,1H3. The molecule has 4 nitrogen and oxygen atoms in total. The Morgan fingerprint density at radius 2 is 2.16 bits per heavy atom. The van der Waals surface area contributed by atoms with Gasteiger partial charge in [0.1, 0.15) is 11.5 Å². The Bertz CT molecular complexity index is 628. The fraction of sp³-hybridized carbons (Fsp3) is 0.167. The maximum atomic E-state index is 13.6. The van der Waals surface area contributed by atoms with E-state index in [0.29, 0.717) is 12.1 Å². The van der Waals surface area contributed by atoms with Crippen LogP contribution in [-0.4, -0.2) is 4.92 Å². The van der Waals surface area contributed by atoms with Gasteiger partial charge in [-0.1, -0.05) is 0 Å². The number of anilines is 1. The average molecular weight is 284 g/mol. The van der Waals surface area contributed by atoms with Gasteiger partial charge >= 0.3 is 0 Å². The predicted molar refractivity (Wildman–Crippen MR) is 69.4 cm³/mol. The summed E-state index contributed by atoms with van der Waals surface area (Å²) in [6, 6.07) is 3.22. The highest BCUT2D eigenvalue weighted by molar-refractivity contribution is 7.10. The van der Waals surface area contributed by atoms with Gasteiger partial charge in [-0.3, -0.25) is 10.1 Å².